The number of nitrogens with zero attached hydrogens (tertiary/aromatic N) is 3. The van der Waals surface area contributed by atoms with Crippen molar-refractivity contribution >= 4 is 10.9 Å². The molecule has 1 fully saturated rings. The van der Waals surface area contributed by atoms with E-state index < -0.39 is 0 Å². The summed E-state index contributed by atoms with van der Waals surface area (Å²) in [6, 6.07) is 11.4. The number of hydrogen-bond acceptors (Lipinski definition) is 2. The first-order chi connectivity index (χ1) is 10.1. The van der Waals surface area contributed by atoms with E-state index in [-0.39, 0.29) is 5.41 Å². The third kappa shape index (κ3) is 2.82. The Kier molecular flexibility index (Phi) is 3.73. The number of hydrogen-bond donors (Lipinski definition) is 0. The van der Waals surface area contributed by atoms with Gasteiger partial charge in [-0.15, -0.1) is 0 Å². The molecule has 0 saturated carbocycles. The first-order valence-electron chi connectivity index (χ1n) is 7.85. The summed E-state index contributed by atoms with van der Waals surface area (Å²) in [6.45, 7) is 8.20. The van der Waals surface area contributed by atoms with Gasteiger partial charge in [-0.25, -0.2) is 0 Å². The molecule has 0 bridgehead atoms. The third-order valence-corrected chi connectivity index (χ3v) is 4.63. The molecule has 0 aliphatic carbocycles. The highest BCUT2D eigenvalue weighted by molar-refractivity contribution is 5.80. The monoisotopic (exact) mass is 281 g/mol. The van der Waals surface area contributed by atoms with E-state index in [0.717, 1.165) is 39.0 Å². The van der Waals surface area contributed by atoms with Crippen molar-refractivity contribution in [2.24, 2.45) is 5.41 Å². The van der Waals surface area contributed by atoms with Crippen LogP contribution in [0.1, 0.15) is 32.3 Å². The molecule has 0 unspecified atom stereocenters. The summed E-state index contributed by atoms with van der Waals surface area (Å²) in [4.78, 5) is 2.42. The minimum Gasteiger partial charge on any atom is -0.348 e. The average Bonchev–Trinajstić information content (AvgIpc) is 2.90. The molecule has 21 heavy (non-hydrogen) atoms. The second kappa shape index (κ2) is 5.54. The molecule has 3 rings (SSSR count). The van der Waals surface area contributed by atoms with Gasteiger partial charge in [0.1, 0.15) is 0 Å². The van der Waals surface area contributed by atoms with Crippen molar-refractivity contribution in [3.8, 4) is 6.07 Å². The quantitative estimate of drug-likeness (QED) is 0.857. The minimum atomic E-state index is -0.175. The Morgan fingerprint density at radius 2 is 2.19 bits per heavy atom. The maximum absolute atomic E-state index is 9.34. The van der Waals surface area contributed by atoms with E-state index in [0.29, 0.717) is 0 Å². The van der Waals surface area contributed by atoms with Crippen molar-refractivity contribution in [3.05, 3.63) is 36.0 Å². The van der Waals surface area contributed by atoms with Crippen molar-refractivity contribution in [3.63, 3.8) is 0 Å². The van der Waals surface area contributed by atoms with E-state index in [1.54, 1.807) is 0 Å². The Hall–Kier alpha value is -1.79. The van der Waals surface area contributed by atoms with Gasteiger partial charge in [-0.1, -0.05) is 12.1 Å². The van der Waals surface area contributed by atoms with Gasteiger partial charge in [0.05, 0.1) is 11.5 Å². The molecule has 1 aliphatic heterocycles. The minimum absolute atomic E-state index is 0.175. The van der Waals surface area contributed by atoms with E-state index in [1.807, 2.05) is 0 Å². The lowest BCUT2D eigenvalue weighted by atomic mass is 9.83. The highest BCUT2D eigenvalue weighted by Gasteiger charge is 2.30. The lowest BCUT2D eigenvalue weighted by molar-refractivity contribution is 0.137. The Morgan fingerprint density at radius 1 is 1.33 bits per heavy atom. The smallest absolute Gasteiger partial charge is 0.0700 e. The van der Waals surface area contributed by atoms with Gasteiger partial charge in [-0.2, -0.15) is 5.26 Å². The number of nitriles is 1. The molecular formula is C18H23N3. The van der Waals surface area contributed by atoms with Crippen LogP contribution in [0.15, 0.2) is 30.5 Å². The van der Waals surface area contributed by atoms with Crippen LogP contribution in [0.3, 0.4) is 0 Å². The van der Waals surface area contributed by atoms with Gasteiger partial charge in [-0.05, 0) is 56.3 Å². The maximum atomic E-state index is 9.34. The van der Waals surface area contributed by atoms with Gasteiger partial charge in [0.2, 0.25) is 0 Å². The van der Waals surface area contributed by atoms with Crippen molar-refractivity contribution in [1.29, 1.82) is 5.26 Å². The normalized spacial score (nSPS) is 23.3. The summed E-state index contributed by atoms with van der Waals surface area (Å²) in [5.74, 6) is 0. The molecule has 1 aromatic carbocycles. The van der Waals surface area contributed by atoms with E-state index in [9.17, 15) is 5.26 Å². The van der Waals surface area contributed by atoms with Gasteiger partial charge in [-0.3, -0.25) is 4.90 Å². The molecule has 3 heteroatoms. The van der Waals surface area contributed by atoms with Crippen LogP contribution in [0.25, 0.3) is 10.9 Å². The van der Waals surface area contributed by atoms with Crippen molar-refractivity contribution < 1.29 is 0 Å². The highest BCUT2D eigenvalue weighted by Crippen LogP contribution is 2.29. The van der Waals surface area contributed by atoms with Crippen LogP contribution >= 0.6 is 0 Å². The van der Waals surface area contributed by atoms with Crippen LogP contribution in [0, 0.1) is 16.7 Å². The highest BCUT2D eigenvalue weighted by atomic mass is 15.1. The number of fused-ring (bicyclic) bond motifs is 1. The zero-order chi connectivity index (χ0) is 14.9. The summed E-state index contributed by atoms with van der Waals surface area (Å²) < 4.78 is 2.29. The molecule has 1 atom stereocenters. The zero-order valence-corrected chi connectivity index (χ0v) is 13.0. The summed E-state index contributed by atoms with van der Waals surface area (Å²) in [5.41, 5.74) is 2.49. The number of aryl methyl sites for hydroxylation is 1. The van der Waals surface area contributed by atoms with Crippen LogP contribution in [0.4, 0.5) is 0 Å². The average molecular weight is 281 g/mol. The molecule has 0 radical (unpaired) electrons. The predicted molar refractivity (Wildman–Crippen MR) is 85.8 cm³/mol. The van der Waals surface area contributed by atoms with Crippen molar-refractivity contribution in [1.82, 2.24) is 9.47 Å². The fourth-order valence-electron chi connectivity index (χ4n) is 3.43. The second-order valence-corrected chi connectivity index (χ2v) is 6.48. The van der Waals surface area contributed by atoms with Gasteiger partial charge in [0.15, 0.2) is 0 Å². The summed E-state index contributed by atoms with van der Waals surface area (Å²) in [5, 5.41) is 10.6. The maximum Gasteiger partial charge on any atom is 0.0700 e. The van der Waals surface area contributed by atoms with E-state index in [4.69, 9.17) is 0 Å². The number of aromatic nitrogens is 1. The summed E-state index contributed by atoms with van der Waals surface area (Å²) in [6.07, 6.45) is 4.30. The number of rotatable bonds is 3. The molecule has 2 aromatic rings. The number of piperidine rings is 1. The van der Waals surface area contributed by atoms with Crippen LogP contribution in [-0.2, 0) is 13.1 Å². The van der Waals surface area contributed by atoms with Crippen molar-refractivity contribution in [2.75, 3.05) is 13.1 Å². The lowest BCUT2D eigenvalue weighted by Gasteiger charge is -2.36. The SMILES string of the molecule is CCn1ccc2ccc(CN3CCC[C@@](C)(C#N)C3)cc21. The Labute approximate surface area is 126 Å². The molecule has 1 aliphatic rings. The molecule has 1 aromatic heterocycles. The molecule has 0 N–H and O–H groups in total. The molecule has 0 amide bonds. The summed E-state index contributed by atoms with van der Waals surface area (Å²) in [7, 11) is 0. The third-order valence-electron chi connectivity index (χ3n) is 4.63. The van der Waals surface area contributed by atoms with Crippen LogP contribution < -0.4 is 0 Å². The van der Waals surface area contributed by atoms with E-state index in [2.05, 4.69) is 59.8 Å². The second-order valence-electron chi connectivity index (χ2n) is 6.48. The fourth-order valence-corrected chi connectivity index (χ4v) is 3.43. The largest absolute Gasteiger partial charge is 0.348 e. The van der Waals surface area contributed by atoms with Gasteiger partial charge >= 0.3 is 0 Å². The standard InChI is InChI=1S/C18H23N3/c1-3-21-10-7-16-6-5-15(11-17(16)21)12-20-9-4-8-18(2,13-19)14-20/h5-7,10-11H,3-4,8-9,12,14H2,1-2H3/t18-/m0/s1. The molecule has 1 saturated heterocycles. The lowest BCUT2D eigenvalue weighted by Crippen LogP contribution is -2.40. The van der Waals surface area contributed by atoms with E-state index >= 15 is 0 Å². The zero-order valence-electron chi connectivity index (χ0n) is 13.0. The molecule has 3 nitrogen and oxygen atoms in total. The Bertz CT molecular complexity index is 679. The topological polar surface area (TPSA) is 32.0 Å². The van der Waals surface area contributed by atoms with Gasteiger partial charge in [0.25, 0.3) is 0 Å². The van der Waals surface area contributed by atoms with E-state index in [1.165, 1.54) is 16.5 Å². The predicted octanol–water partition coefficient (Wildman–Crippen LogP) is 3.79. The van der Waals surface area contributed by atoms with Gasteiger partial charge in [0, 0.05) is 31.3 Å². The van der Waals surface area contributed by atoms with Crippen LogP contribution in [0.5, 0.6) is 0 Å². The number of likely N-dealkylation sites (tertiary alicyclic amines) is 1. The Morgan fingerprint density at radius 3 is 2.95 bits per heavy atom. The molecular weight excluding hydrogens is 258 g/mol. The molecule has 0 spiro atoms. The molecule has 2 heterocycles. The van der Waals surface area contributed by atoms with Crippen LogP contribution in [0.2, 0.25) is 0 Å². The summed E-state index contributed by atoms with van der Waals surface area (Å²) >= 11 is 0. The first kappa shape index (κ1) is 14.2. The van der Waals surface area contributed by atoms with Crippen molar-refractivity contribution in [2.45, 2.75) is 39.8 Å². The number of benzene rings is 1. The fraction of sp³-hybridized carbons (Fsp3) is 0.500. The van der Waals surface area contributed by atoms with Crippen LogP contribution in [-0.4, -0.2) is 22.6 Å². The first-order valence-corrected chi connectivity index (χ1v) is 7.85. The molecule has 110 valence electrons. The Balaban J connectivity index is 1.80. The van der Waals surface area contributed by atoms with Gasteiger partial charge < -0.3 is 4.57 Å².